The summed E-state index contributed by atoms with van der Waals surface area (Å²) in [6.45, 7) is 0.411. The van der Waals surface area contributed by atoms with Gasteiger partial charge in [-0.15, -0.1) is 0 Å². The lowest BCUT2D eigenvalue weighted by molar-refractivity contribution is 0.284. The number of hydrogen-bond donors (Lipinski definition) is 0. The van der Waals surface area contributed by atoms with E-state index in [1.165, 1.54) is 13.2 Å². The molecule has 0 saturated carbocycles. The normalized spacial score (nSPS) is 10.7. The van der Waals surface area contributed by atoms with Crippen molar-refractivity contribution in [1.29, 1.82) is 0 Å². The van der Waals surface area contributed by atoms with Crippen molar-refractivity contribution in [2.24, 2.45) is 0 Å². The Balaban J connectivity index is 1.61. The summed E-state index contributed by atoms with van der Waals surface area (Å²) in [6.07, 6.45) is 0. The van der Waals surface area contributed by atoms with Gasteiger partial charge in [0.1, 0.15) is 18.2 Å². The molecule has 0 radical (unpaired) electrons. The number of rotatable bonds is 7. The molecule has 0 aliphatic carbocycles. The van der Waals surface area contributed by atoms with E-state index < -0.39 is 5.82 Å². The van der Waals surface area contributed by atoms with E-state index in [4.69, 9.17) is 18.7 Å². The van der Waals surface area contributed by atoms with Gasteiger partial charge in [0.05, 0.1) is 25.3 Å². The number of hydrogen-bond acceptors (Lipinski definition) is 6. The van der Waals surface area contributed by atoms with Gasteiger partial charge in [-0.25, -0.2) is 4.39 Å². The first-order valence-corrected chi connectivity index (χ1v) is 10.4. The number of halogens is 2. The molecular weight excluding hydrogens is 514 g/mol. The highest BCUT2D eigenvalue weighted by atomic mass is 127. The predicted octanol–water partition coefficient (Wildman–Crippen LogP) is 5.74. The Hall–Kier alpha value is -3.14. The summed E-state index contributed by atoms with van der Waals surface area (Å²) in [5, 5.41) is 3.93. The molecule has 1 aromatic heterocycles. The standard InChI is InChI=1S/C23H18FIN2O4/c1-28-15-8-9-16(18(24)10-15)22-26-23(31-27-22)17-11-20(29-2)21(12-19(17)25)30-13-14-6-4-3-5-7-14/h3-12H,13H2,1-2H3. The van der Waals surface area contributed by atoms with Gasteiger partial charge in [0.2, 0.25) is 5.82 Å². The summed E-state index contributed by atoms with van der Waals surface area (Å²) < 4.78 is 37.1. The van der Waals surface area contributed by atoms with Crippen molar-refractivity contribution in [1.82, 2.24) is 10.1 Å². The summed E-state index contributed by atoms with van der Waals surface area (Å²) in [5.74, 6) is 1.44. The summed E-state index contributed by atoms with van der Waals surface area (Å²) in [6, 6.07) is 17.9. The van der Waals surface area contributed by atoms with E-state index in [1.54, 1.807) is 25.3 Å². The average Bonchev–Trinajstić information content (AvgIpc) is 3.27. The summed E-state index contributed by atoms with van der Waals surface area (Å²) in [4.78, 5) is 4.37. The van der Waals surface area contributed by atoms with Crippen molar-refractivity contribution < 1.29 is 23.1 Å². The highest BCUT2D eigenvalue weighted by molar-refractivity contribution is 14.1. The molecule has 3 aromatic carbocycles. The van der Waals surface area contributed by atoms with Gasteiger partial charge in [-0.2, -0.15) is 4.98 Å². The zero-order chi connectivity index (χ0) is 21.8. The number of nitrogens with zero attached hydrogens (tertiary/aromatic N) is 2. The molecule has 6 nitrogen and oxygen atoms in total. The Morgan fingerprint density at radius 3 is 2.45 bits per heavy atom. The monoisotopic (exact) mass is 532 g/mol. The van der Waals surface area contributed by atoms with Gasteiger partial charge in [0.15, 0.2) is 11.5 Å². The minimum Gasteiger partial charge on any atom is -0.497 e. The molecule has 4 aromatic rings. The maximum absolute atomic E-state index is 14.4. The Morgan fingerprint density at radius 1 is 0.935 bits per heavy atom. The molecule has 0 bridgehead atoms. The van der Waals surface area contributed by atoms with Gasteiger partial charge >= 0.3 is 0 Å². The maximum Gasteiger partial charge on any atom is 0.259 e. The third-order valence-corrected chi connectivity index (χ3v) is 5.46. The average molecular weight is 532 g/mol. The molecular formula is C23H18FIN2O4. The predicted molar refractivity (Wildman–Crippen MR) is 122 cm³/mol. The second-order valence-corrected chi connectivity index (χ2v) is 7.69. The zero-order valence-electron chi connectivity index (χ0n) is 16.8. The smallest absolute Gasteiger partial charge is 0.259 e. The van der Waals surface area contributed by atoms with E-state index in [-0.39, 0.29) is 17.3 Å². The van der Waals surface area contributed by atoms with Crippen LogP contribution in [0, 0.1) is 9.39 Å². The van der Waals surface area contributed by atoms with Crippen LogP contribution in [0.2, 0.25) is 0 Å². The van der Waals surface area contributed by atoms with Crippen LogP contribution in [0.25, 0.3) is 22.8 Å². The van der Waals surface area contributed by atoms with Gasteiger partial charge in [-0.05, 0) is 52.4 Å². The number of ether oxygens (including phenoxy) is 3. The Bertz CT molecular complexity index is 1200. The molecule has 0 unspecified atom stereocenters. The molecule has 31 heavy (non-hydrogen) atoms. The van der Waals surface area contributed by atoms with Gasteiger partial charge in [-0.3, -0.25) is 0 Å². The third kappa shape index (κ3) is 4.63. The summed E-state index contributed by atoms with van der Waals surface area (Å²) in [7, 11) is 3.04. The molecule has 0 aliphatic rings. The lowest BCUT2D eigenvalue weighted by Gasteiger charge is -2.13. The van der Waals surface area contributed by atoms with Crippen LogP contribution in [-0.4, -0.2) is 24.4 Å². The second kappa shape index (κ2) is 9.34. The maximum atomic E-state index is 14.4. The first-order chi connectivity index (χ1) is 15.1. The van der Waals surface area contributed by atoms with E-state index in [9.17, 15) is 4.39 Å². The second-order valence-electron chi connectivity index (χ2n) is 6.53. The fourth-order valence-electron chi connectivity index (χ4n) is 2.95. The third-order valence-electron chi connectivity index (χ3n) is 4.56. The first kappa shape index (κ1) is 21.1. The van der Waals surface area contributed by atoms with Crippen molar-refractivity contribution in [2.75, 3.05) is 14.2 Å². The van der Waals surface area contributed by atoms with Crippen LogP contribution in [-0.2, 0) is 6.61 Å². The lowest BCUT2D eigenvalue weighted by atomic mass is 10.1. The summed E-state index contributed by atoms with van der Waals surface area (Å²) >= 11 is 2.16. The van der Waals surface area contributed by atoms with Crippen molar-refractivity contribution in [3.63, 3.8) is 0 Å². The fraction of sp³-hybridized carbons (Fsp3) is 0.130. The fourth-order valence-corrected chi connectivity index (χ4v) is 3.62. The Morgan fingerprint density at radius 2 is 1.74 bits per heavy atom. The molecule has 0 saturated heterocycles. The molecule has 0 aliphatic heterocycles. The van der Waals surface area contributed by atoms with E-state index >= 15 is 0 Å². The van der Waals surface area contributed by atoms with E-state index in [1.807, 2.05) is 36.4 Å². The zero-order valence-corrected chi connectivity index (χ0v) is 18.9. The van der Waals surface area contributed by atoms with Crippen LogP contribution < -0.4 is 14.2 Å². The van der Waals surface area contributed by atoms with Crippen molar-refractivity contribution >= 4 is 22.6 Å². The van der Waals surface area contributed by atoms with Gasteiger partial charge in [0, 0.05) is 9.64 Å². The molecule has 158 valence electrons. The minimum absolute atomic E-state index is 0.148. The number of aromatic nitrogens is 2. The van der Waals surface area contributed by atoms with Crippen LogP contribution in [0.15, 0.2) is 65.2 Å². The molecule has 4 rings (SSSR count). The van der Waals surface area contributed by atoms with Gasteiger partial charge < -0.3 is 18.7 Å². The molecule has 0 atom stereocenters. The molecule has 1 heterocycles. The highest BCUT2D eigenvalue weighted by Gasteiger charge is 2.19. The quantitative estimate of drug-likeness (QED) is 0.283. The molecule has 0 amide bonds. The van der Waals surface area contributed by atoms with E-state index in [2.05, 4.69) is 32.7 Å². The first-order valence-electron chi connectivity index (χ1n) is 9.31. The largest absolute Gasteiger partial charge is 0.497 e. The van der Waals surface area contributed by atoms with Crippen molar-refractivity contribution in [2.45, 2.75) is 6.61 Å². The molecule has 0 fully saturated rings. The molecule has 0 N–H and O–H groups in total. The van der Waals surface area contributed by atoms with Gasteiger partial charge in [0.25, 0.3) is 5.89 Å². The van der Waals surface area contributed by atoms with Crippen molar-refractivity contribution in [3.05, 3.63) is 75.6 Å². The lowest BCUT2D eigenvalue weighted by Crippen LogP contribution is -1.99. The SMILES string of the molecule is COc1ccc(-c2noc(-c3cc(OC)c(OCc4ccccc4)cc3I)n2)c(F)c1. The van der Waals surface area contributed by atoms with Crippen LogP contribution >= 0.6 is 22.6 Å². The van der Waals surface area contributed by atoms with Crippen LogP contribution in [0.1, 0.15) is 5.56 Å². The summed E-state index contributed by atoms with van der Waals surface area (Å²) in [5.41, 5.74) is 1.93. The Kier molecular flexibility index (Phi) is 6.36. The van der Waals surface area contributed by atoms with Gasteiger partial charge in [-0.1, -0.05) is 35.5 Å². The van der Waals surface area contributed by atoms with E-state index in [0.29, 0.717) is 29.4 Å². The van der Waals surface area contributed by atoms with Crippen LogP contribution in [0.4, 0.5) is 4.39 Å². The van der Waals surface area contributed by atoms with Crippen LogP contribution in [0.3, 0.4) is 0 Å². The topological polar surface area (TPSA) is 66.6 Å². The number of methoxy groups -OCH3 is 2. The highest BCUT2D eigenvalue weighted by Crippen LogP contribution is 2.37. The molecule has 8 heteroatoms. The number of benzene rings is 3. The van der Waals surface area contributed by atoms with Crippen LogP contribution in [0.5, 0.6) is 17.2 Å². The molecule has 0 spiro atoms. The van der Waals surface area contributed by atoms with Crippen molar-refractivity contribution in [3.8, 4) is 40.1 Å². The Labute approximate surface area is 192 Å². The van der Waals surface area contributed by atoms with E-state index in [0.717, 1.165) is 9.13 Å². The minimum atomic E-state index is -0.497.